The van der Waals surface area contributed by atoms with Gasteiger partial charge in [-0.05, 0) is 36.6 Å². The summed E-state index contributed by atoms with van der Waals surface area (Å²) in [6, 6.07) is 5.29. The summed E-state index contributed by atoms with van der Waals surface area (Å²) in [7, 11) is 0. The predicted octanol–water partition coefficient (Wildman–Crippen LogP) is 4.43. The van der Waals surface area contributed by atoms with Gasteiger partial charge >= 0.3 is 6.18 Å². The van der Waals surface area contributed by atoms with E-state index >= 15 is 0 Å². The molecule has 0 spiro atoms. The molecule has 102 valence electrons. The summed E-state index contributed by atoms with van der Waals surface area (Å²) in [4.78, 5) is 0. The Morgan fingerprint density at radius 3 is 2.50 bits per heavy atom. The second kappa shape index (κ2) is 6.92. The van der Waals surface area contributed by atoms with Crippen LogP contribution in [0.25, 0.3) is 0 Å². The summed E-state index contributed by atoms with van der Waals surface area (Å²) in [5.74, 6) is 1.09. The van der Waals surface area contributed by atoms with Crippen LogP contribution in [0.3, 0.4) is 0 Å². The van der Waals surface area contributed by atoms with Gasteiger partial charge in [0.2, 0.25) is 0 Å². The lowest BCUT2D eigenvalue weighted by Crippen LogP contribution is -2.10. The zero-order chi connectivity index (χ0) is 13.6. The molecule has 0 N–H and O–H groups in total. The zero-order valence-corrected chi connectivity index (χ0v) is 11.1. The molecule has 1 aromatic rings. The minimum absolute atomic E-state index is 0.0944. The molecule has 0 bridgehead atoms. The Labute approximate surface area is 111 Å². The Morgan fingerprint density at radius 2 is 1.89 bits per heavy atom. The molecular formula is C13H17F3OS. The molecule has 1 rings (SSSR count). The van der Waals surface area contributed by atoms with Gasteiger partial charge in [-0.25, -0.2) is 0 Å². The summed E-state index contributed by atoms with van der Waals surface area (Å²) < 4.78 is 43.2. The number of ether oxygens (including phenoxy) is 1. The van der Waals surface area contributed by atoms with Gasteiger partial charge in [-0.2, -0.15) is 25.8 Å². The number of hydrogen-bond acceptors (Lipinski definition) is 2. The minimum atomic E-state index is -4.37. The highest BCUT2D eigenvalue weighted by atomic mass is 32.1. The van der Waals surface area contributed by atoms with Crippen LogP contribution in [-0.2, 0) is 6.18 Å². The smallest absolute Gasteiger partial charge is 0.419 e. The van der Waals surface area contributed by atoms with Crippen molar-refractivity contribution in [1.82, 2.24) is 0 Å². The van der Waals surface area contributed by atoms with Crippen LogP contribution in [0, 0.1) is 5.92 Å². The molecule has 0 saturated heterocycles. The third-order valence-corrected chi connectivity index (χ3v) is 2.94. The van der Waals surface area contributed by atoms with Crippen LogP contribution in [0.4, 0.5) is 13.2 Å². The van der Waals surface area contributed by atoms with Crippen molar-refractivity contribution in [1.29, 1.82) is 0 Å². The van der Waals surface area contributed by atoms with Crippen molar-refractivity contribution >= 4 is 12.6 Å². The quantitative estimate of drug-likeness (QED) is 0.757. The van der Waals surface area contributed by atoms with Gasteiger partial charge in [0.05, 0.1) is 12.2 Å². The van der Waals surface area contributed by atoms with E-state index in [2.05, 4.69) is 12.6 Å². The van der Waals surface area contributed by atoms with Gasteiger partial charge in [0, 0.05) is 0 Å². The minimum Gasteiger partial charge on any atom is -0.493 e. The number of hydrogen-bond donors (Lipinski definition) is 1. The molecule has 0 heterocycles. The SMILES string of the molecule is CC(CCS)CCOc1ccccc1C(F)(F)F. The van der Waals surface area contributed by atoms with E-state index in [9.17, 15) is 13.2 Å². The van der Waals surface area contributed by atoms with Crippen LogP contribution in [0.5, 0.6) is 5.75 Å². The summed E-state index contributed by atoms with van der Waals surface area (Å²) in [6.07, 6.45) is -2.70. The van der Waals surface area contributed by atoms with Crippen molar-refractivity contribution in [3.05, 3.63) is 29.8 Å². The van der Waals surface area contributed by atoms with Crippen molar-refractivity contribution in [2.24, 2.45) is 5.92 Å². The molecule has 0 saturated carbocycles. The molecule has 0 fully saturated rings. The van der Waals surface area contributed by atoms with E-state index in [0.29, 0.717) is 12.5 Å². The van der Waals surface area contributed by atoms with Crippen LogP contribution >= 0.6 is 12.6 Å². The van der Waals surface area contributed by atoms with E-state index in [1.807, 2.05) is 6.92 Å². The van der Waals surface area contributed by atoms with Crippen LogP contribution in [0.2, 0.25) is 0 Å². The van der Waals surface area contributed by atoms with E-state index in [4.69, 9.17) is 4.74 Å². The lowest BCUT2D eigenvalue weighted by Gasteiger charge is -2.15. The normalized spacial score (nSPS) is 13.4. The fraction of sp³-hybridized carbons (Fsp3) is 0.538. The van der Waals surface area contributed by atoms with E-state index < -0.39 is 11.7 Å². The van der Waals surface area contributed by atoms with Gasteiger partial charge in [-0.15, -0.1) is 0 Å². The molecule has 1 nitrogen and oxygen atoms in total. The Hall–Kier alpha value is -0.840. The van der Waals surface area contributed by atoms with Crippen LogP contribution in [-0.4, -0.2) is 12.4 Å². The number of halogens is 3. The molecular weight excluding hydrogens is 261 g/mol. The maximum Gasteiger partial charge on any atom is 0.419 e. The van der Waals surface area contributed by atoms with E-state index in [1.165, 1.54) is 12.1 Å². The van der Waals surface area contributed by atoms with Crippen molar-refractivity contribution < 1.29 is 17.9 Å². The van der Waals surface area contributed by atoms with Gasteiger partial charge in [0.25, 0.3) is 0 Å². The standard InChI is InChI=1S/C13H17F3OS/c1-10(7-9-18)6-8-17-12-5-3-2-4-11(12)13(14,15)16/h2-5,10,18H,6-9H2,1H3. The average molecular weight is 278 g/mol. The van der Waals surface area contributed by atoms with Crippen molar-refractivity contribution in [2.75, 3.05) is 12.4 Å². The van der Waals surface area contributed by atoms with Gasteiger partial charge in [0.15, 0.2) is 0 Å². The van der Waals surface area contributed by atoms with Gasteiger partial charge in [0.1, 0.15) is 5.75 Å². The van der Waals surface area contributed by atoms with Crippen molar-refractivity contribution in [3.63, 3.8) is 0 Å². The second-order valence-electron chi connectivity index (χ2n) is 4.25. The van der Waals surface area contributed by atoms with Gasteiger partial charge < -0.3 is 4.74 Å². The maximum absolute atomic E-state index is 12.7. The first-order valence-corrected chi connectivity index (χ1v) is 6.48. The van der Waals surface area contributed by atoms with Crippen molar-refractivity contribution in [3.8, 4) is 5.75 Å². The van der Waals surface area contributed by atoms with Gasteiger partial charge in [-0.1, -0.05) is 19.1 Å². The highest BCUT2D eigenvalue weighted by Crippen LogP contribution is 2.35. The number of benzene rings is 1. The number of thiol groups is 1. The fourth-order valence-electron chi connectivity index (χ4n) is 1.56. The highest BCUT2D eigenvalue weighted by Gasteiger charge is 2.33. The zero-order valence-electron chi connectivity index (χ0n) is 10.2. The summed E-state index contributed by atoms with van der Waals surface area (Å²) in [6.45, 7) is 2.33. The Kier molecular flexibility index (Phi) is 5.85. The van der Waals surface area contributed by atoms with E-state index in [1.54, 1.807) is 6.07 Å². The van der Waals surface area contributed by atoms with E-state index in [-0.39, 0.29) is 5.75 Å². The Morgan fingerprint density at radius 1 is 1.22 bits per heavy atom. The molecule has 1 unspecified atom stereocenters. The number of alkyl halides is 3. The number of rotatable bonds is 6. The van der Waals surface area contributed by atoms with Crippen LogP contribution < -0.4 is 4.74 Å². The summed E-state index contributed by atoms with van der Waals surface area (Å²) >= 11 is 4.12. The molecule has 5 heteroatoms. The summed E-state index contributed by atoms with van der Waals surface area (Å²) in [5, 5.41) is 0. The molecule has 1 atom stereocenters. The number of para-hydroxylation sites is 1. The monoisotopic (exact) mass is 278 g/mol. The first-order valence-electron chi connectivity index (χ1n) is 5.85. The van der Waals surface area contributed by atoms with Gasteiger partial charge in [-0.3, -0.25) is 0 Å². The maximum atomic E-state index is 12.7. The second-order valence-corrected chi connectivity index (χ2v) is 4.70. The Balaban J connectivity index is 2.57. The molecule has 0 radical (unpaired) electrons. The molecule has 0 aliphatic rings. The lowest BCUT2D eigenvalue weighted by atomic mass is 10.1. The lowest BCUT2D eigenvalue weighted by molar-refractivity contribution is -0.139. The first kappa shape index (κ1) is 15.2. The molecule has 0 aromatic heterocycles. The predicted molar refractivity (Wildman–Crippen MR) is 69.2 cm³/mol. The van der Waals surface area contributed by atoms with Crippen LogP contribution in [0.1, 0.15) is 25.3 Å². The average Bonchev–Trinajstić information content (AvgIpc) is 2.28. The largest absolute Gasteiger partial charge is 0.493 e. The van der Waals surface area contributed by atoms with E-state index in [0.717, 1.165) is 24.7 Å². The Bertz CT molecular complexity index is 365. The van der Waals surface area contributed by atoms with Crippen LogP contribution in [0.15, 0.2) is 24.3 Å². The molecule has 0 amide bonds. The molecule has 1 aromatic carbocycles. The molecule has 0 aliphatic carbocycles. The molecule has 0 aliphatic heterocycles. The third kappa shape index (κ3) is 4.80. The topological polar surface area (TPSA) is 9.23 Å². The highest BCUT2D eigenvalue weighted by molar-refractivity contribution is 7.80. The fourth-order valence-corrected chi connectivity index (χ4v) is 2.00. The first-order chi connectivity index (χ1) is 8.45. The third-order valence-electron chi connectivity index (χ3n) is 2.68. The summed E-state index contributed by atoms with van der Waals surface area (Å²) in [5.41, 5.74) is -0.716. The molecule has 18 heavy (non-hydrogen) atoms. The van der Waals surface area contributed by atoms with Crippen molar-refractivity contribution in [2.45, 2.75) is 25.9 Å².